The van der Waals surface area contributed by atoms with Gasteiger partial charge >= 0.3 is 12.1 Å². The van der Waals surface area contributed by atoms with Crippen LogP contribution < -0.4 is 10.6 Å². The van der Waals surface area contributed by atoms with E-state index in [2.05, 4.69) is 5.32 Å². The van der Waals surface area contributed by atoms with E-state index in [0.29, 0.717) is 12.8 Å². The molecule has 1 heterocycles. The summed E-state index contributed by atoms with van der Waals surface area (Å²) in [7, 11) is 0. The Bertz CT molecular complexity index is 256. The second-order valence-electron chi connectivity index (χ2n) is 4.07. The average Bonchev–Trinajstić information content (AvgIpc) is 2.62. The number of hydrogen-bond acceptors (Lipinski definition) is 1. The molecule has 1 amide bonds. The van der Waals surface area contributed by atoms with Gasteiger partial charge in [-0.05, 0) is 12.8 Å². The molecule has 2 fully saturated rings. The first-order chi connectivity index (χ1) is 6.44. The third-order valence-corrected chi connectivity index (χ3v) is 3.09. The van der Waals surface area contributed by atoms with Crippen molar-refractivity contribution >= 4 is 5.91 Å². The summed E-state index contributed by atoms with van der Waals surface area (Å²) in [6, 6.07) is 0. The van der Waals surface area contributed by atoms with Crippen LogP contribution in [0.5, 0.6) is 0 Å². The van der Waals surface area contributed by atoms with E-state index in [4.69, 9.17) is 0 Å². The van der Waals surface area contributed by atoms with Crippen molar-refractivity contribution in [2.75, 3.05) is 13.1 Å². The summed E-state index contributed by atoms with van der Waals surface area (Å²) in [5, 5.41) is 4.16. The summed E-state index contributed by atoms with van der Waals surface area (Å²) in [6.07, 6.45) is -3.37. The first-order valence-corrected chi connectivity index (χ1v) is 4.65. The molecule has 1 saturated carbocycles. The molecule has 2 rings (SSSR count). The fraction of sp³-hybridized carbons (Fsp3) is 0.875. The Morgan fingerprint density at radius 2 is 1.93 bits per heavy atom. The normalized spacial score (nSPS) is 25.4. The van der Waals surface area contributed by atoms with Crippen LogP contribution in [0.1, 0.15) is 12.8 Å². The molecule has 0 bridgehead atoms. The maximum absolute atomic E-state index is 12.0. The van der Waals surface area contributed by atoms with Gasteiger partial charge in [-0.2, -0.15) is 13.2 Å². The second-order valence-corrected chi connectivity index (χ2v) is 4.07. The van der Waals surface area contributed by atoms with Gasteiger partial charge in [-0.3, -0.25) is 4.79 Å². The van der Waals surface area contributed by atoms with E-state index in [1.54, 1.807) is 0 Å². The van der Waals surface area contributed by atoms with Crippen LogP contribution >= 0.6 is 0 Å². The average molecular weight is 209 g/mol. The van der Waals surface area contributed by atoms with Gasteiger partial charge in [-0.15, -0.1) is 0 Å². The molecule has 0 aromatic carbocycles. The summed E-state index contributed by atoms with van der Waals surface area (Å²) in [6.45, 7) is 1.66. The van der Waals surface area contributed by atoms with Gasteiger partial charge in [0.1, 0.15) is 0 Å². The molecule has 80 valence electrons. The minimum Gasteiger partial charge on any atom is -0.345 e. The number of nitrogens with one attached hydrogen (secondary N) is 1. The summed E-state index contributed by atoms with van der Waals surface area (Å²) in [5.41, 5.74) is -0.526. The van der Waals surface area contributed by atoms with Gasteiger partial charge < -0.3 is 10.6 Å². The molecular formula is C8H12F3N2O+. The van der Waals surface area contributed by atoms with Crippen molar-refractivity contribution in [2.45, 2.75) is 24.6 Å². The largest absolute Gasteiger partial charge is 0.471 e. The van der Waals surface area contributed by atoms with E-state index >= 15 is 0 Å². The van der Waals surface area contributed by atoms with Gasteiger partial charge in [0.05, 0.1) is 24.5 Å². The fourth-order valence-corrected chi connectivity index (χ4v) is 1.85. The first-order valence-electron chi connectivity index (χ1n) is 4.65. The number of hydrogen-bond donors (Lipinski definition) is 2. The molecule has 6 heteroatoms. The minimum absolute atomic E-state index is 0.230. The topological polar surface area (TPSA) is 45.7 Å². The highest BCUT2D eigenvalue weighted by Crippen LogP contribution is 2.43. The number of carbonyl (C=O) groups is 1. The number of halogens is 3. The number of rotatable bonds is 2. The predicted octanol–water partition coefficient (Wildman–Crippen LogP) is -0.609. The Kier molecular flexibility index (Phi) is 1.99. The molecule has 1 aliphatic heterocycles. The van der Waals surface area contributed by atoms with Crippen LogP contribution in [0.4, 0.5) is 13.2 Å². The highest BCUT2D eigenvalue weighted by molar-refractivity contribution is 5.82. The summed E-state index contributed by atoms with van der Waals surface area (Å²) < 4.78 is 35.9. The first kappa shape index (κ1) is 9.76. The second kappa shape index (κ2) is 2.85. The van der Waals surface area contributed by atoms with Crippen molar-refractivity contribution < 1.29 is 23.3 Å². The SMILES string of the molecule is O=C(NC1(C2C[NH2+]C2)CC1)C(F)(F)F. The van der Waals surface area contributed by atoms with Gasteiger partial charge in [-0.25, -0.2) is 0 Å². The number of nitrogens with two attached hydrogens (primary N) is 1. The zero-order chi connectivity index (χ0) is 10.4. The van der Waals surface area contributed by atoms with E-state index in [-0.39, 0.29) is 5.92 Å². The van der Waals surface area contributed by atoms with Gasteiger partial charge in [0, 0.05) is 0 Å². The Labute approximate surface area is 79.0 Å². The molecule has 0 radical (unpaired) electrons. The molecule has 3 nitrogen and oxygen atoms in total. The van der Waals surface area contributed by atoms with Crippen LogP contribution in [0.25, 0.3) is 0 Å². The molecule has 1 aliphatic carbocycles. The molecule has 0 atom stereocenters. The molecule has 3 N–H and O–H groups in total. The van der Waals surface area contributed by atoms with Crippen LogP contribution in [0.15, 0.2) is 0 Å². The lowest BCUT2D eigenvalue weighted by Gasteiger charge is -2.32. The zero-order valence-corrected chi connectivity index (χ0v) is 7.53. The van der Waals surface area contributed by atoms with Crippen molar-refractivity contribution in [3.63, 3.8) is 0 Å². The zero-order valence-electron chi connectivity index (χ0n) is 7.53. The summed E-state index contributed by atoms with van der Waals surface area (Å²) in [4.78, 5) is 10.7. The molecule has 0 aromatic rings. The lowest BCUT2D eigenvalue weighted by molar-refractivity contribution is -0.725. The quantitative estimate of drug-likeness (QED) is 0.626. The lowest BCUT2D eigenvalue weighted by Crippen LogP contribution is -2.98. The van der Waals surface area contributed by atoms with Crippen molar-refractivity contribution in [1.82, 2.24) is 5.32 Å². The maximum atomic E-state index is 12.0. The monoisotopic (exact) mass is 209 g/mol. The highest BCUT2D eigenvalue weighted by atomic mass is 19.4. The van der Waals surface area contributed by atoms with Crippen LogP contribution in [0, 0.1) is 5.92 Å². The van der Waals surface area contributed by atoms with Crippen LogP contribution in [-0.4, -0.2) is 30.7 Å². The van der Waals surface area contributed by atoms with Crippen LogP contribution in [0.2, 0.25) is 0 Å². The molecule has 0 aromatic heterocycles. The lowest BCUT2D eigenvalue weighted by atomic mass is 9.91. The Morgan fingerprint density at radius 3 is 2.21 bits per heavy atom. The number of carbonyl (C=O) groups excluding carboxylic acids is 1. The summed E-state index contributed by atoms with van der Waals surface area (Å²) in [5.74, 6) is -1.56. The van der Waals surface area contributed by atoms with E-state index in [0.717, 1.165) is 13.1 Å². The molecule has 2 aliphatic rings. The maximum Gasteiger partial charge on any atom is 0.471 e. The number of amides is 1. The van der Waals surface area contributed by atoms with Gasteiger partial charge in [0.2, 0.25) is 0 Å². The molecule has 0 unspecified atom stereocenters. The Balaban J connectivity index is 1.93. The van der Waals surface area contributed by atoms with Crippen LogP contribution in [0.3, 0.4) is 0 Å². The van der Waals surface area contributed by atoms with E-state index < -0.39 is 17.6 Å². The van der Waals surface area contributed by atoms with E-state index in [9.17, 15) is 18.0 Å². The van der Waals surface area contributed by atoms with E-state index in [1.165, 1.54) is 0 Å². The smallest absolute Gasteiger partial charge is 0.345 e. The Morgan fingerprint density at radius 1 is 1.36 bits per heavy atom. The third kappa shape index (κ3) is 1.58. The van der Waals surface area contributed by atoms with Crippen molar-refractivity contribution in [3.05, 3.63) is 0 Å². The molecule has 14 heavy (non-hydrogen) atoms. The number of alkyl halides is 3. The third-order valence-electron chi connectivity index (χ3n) is 3.09. The predicted molar refractivity (Wildman–Crippen MR) is 41.3 cm³/mol. The standard InChI is InChI=1S/C8H11F3N2O/c9-8(10,11)6(14)13-7(1-2-7)5-3-12-4-5/h5,12H,1-4H2,(H,13,14)/p+1. The molecule has 1 saturated heterocycles. The minimum atomic E-state index is -4.75. The van der Waals surface area contributed by atoms with Gasteiger partial charge in [0.15, 0.2) is 0 Å². The molecular weight excluding hydrogens is 197 g/mol. The van der Waals surface area contributed by atoms with Gasteiger partial charge in [-0.1, -0.05) is 0 Å². The van der Waals surface area contributed by atoms with Crippen LogP contribution in [-0.2, 0) is 4.79 Å². The van der Waals surface area contributed by atoms with Crippen molar-refractivity contribution in [2.24, 2.45) is 5.92 Å². The van der Waals surface area contributed by atoms with Gasteiger partial charge in [0.25, 0.3) is 0 Å². The Hall–Kier alpha value is -0.780. The fourth-order valence-electron chi connectivity index (χ4n) is 1.85. The summed E-state index contributed by atoms with van der Waals surface area (Å²) >= 11 is 0. The van der Waals surface area contributed by atoms with E-state index in [1.807, 2.05) is 5.32 Å². The highest BCUT2D eigenvalue weighted by Gasteiger charge is 2.57. The number of quaternary nitrogens is 1. The van der Waals surface area contributed by atoms with Crippen molar-refractivity contribution in [1.29, 1.82) is 0 Å². The van der Waals surface area contributed by atoms with Crippen molar-refractivity contribution in [3.8, 4) is 0 Å². The molecule has 0 spiro atoms.